The van der Waals surface area contributed by atoms with E-state index in [-0.39, 0.29) is 0 Å². The smallest absolute Gasteiger partial charge is 0.0406 e. The molecule has 0 heterocycles. The molecular formula is C18H26ClN. The summed E-state index contributed by atoms with van der Waals surface area (Å²) in [5.41, 5.74) is 1.90. The summed E-state index contributed by atoms with van der Waals surface area (Å²) >= 11 is 6.04. The minimum absolute atomic E-state index is 0.400. The van der Waals surface area contributed by atoms with E-state index in [4.69, 9.17) is 11.6 Å². The van der Waals surface area contributed by atoms with Crippen molar-refractivity contribution < 1.29 is 0 Å². The second kappa shape index (κ2) is 6.07. The molecular weight excluding hydrogens is 266 g/mol. The van der Waals surface area contributed by atoms with Crippen molar-refractivity contribution in [2.75, 3.05) is 13.6 Å². The summed E-state index contributed by atoms with van der Waals surface area (Å²) in [7, 11) is 2.34. The average Bonchev–Trinajstić information content (AvgIpc) is 2.45. The molecule has 110 valence electrons. The lowest BCUT2D eigenvalue weighted by Crippen LogP contribution is -2.48. The average molecular weight is 292 g/mol. The minimum atomic E-state index is 0.400. The van der Waals surface area contributed by atoms with Gasteiger partial charge < -0.3 is 4.90 Å². The van der Waals surface area contributed by atoms with Gasteiger partial charge in [0.25, 0.3) is 0 Å². The van der Waals surface area contributed by atoms with Crippen LogP contribution in [0.5, 0.6) is 0 Å². The van der Waals surface area contributed by atoms with E-state index >= 15 is 0 Å². The van der Waals surface area contributed by atoms with Crippen molar-refractivity contribution in [1.82, 2.24) is 4.90 Å². The summed E-state index contributed by atoms with van der Waals surface area (Å²) in [6.07, 6.45) is 11.1. The zero-order chi connectivity index (χ0) is 14.0. The maximum atomic E-state index is 6.04. The lowest BCUT2D eigenvalue weighted by atomic mass is 9.64. The van der Waals surface area contributed by atoms with Crippen LogP contribution in [-0.2, 0) is 5.41 Å². The number of likely N-dealkylation sites (N-methyl/N-ethyl adjacent to an activating group) is 1. The van der Waals surface area contributed by atoms with Gasteiger partial charge in [-0.1, -0.05) is 49.4 Å². The first-order valence-corrected chi connectivity index (χ1v) is 8.54. The van der Waals surface area contributed by atoms with Crippen LogP contribution in [0.4, 0.5) is 0 Å². The molecule has 0 unspecified atom stereocenters. The van der Waals surface area contributed by atoms with Gasteiger partial charge in [-0.05, 0) is 50.4 Å². The molecule has 0 saturated heterocycles. The van der Waals surface area contributed by atoms with Crippen LogP contribution in [-0.4, -0.2) is 24.5 Å². The molecule has 0 N–H and O–H groups in total. The van der Waals surface area contributed by atoms with E-state index in [9.17, 15) is 0 Å². The molecule has 2 saturated carbocycles. The summed E-state index contributed by atoms with van der Waals surface area (Å²) in [6.45, 7) is 1.22. The molecule has 1 nitrogen and oxygen atoms in total. The monoisotopic (exact) mass is 291 g/mol. The highest BCUT2D eigenvalue weighted by Gasteiger charge is 2.40. The Morgan fingerprint density at radius 2 is 1.70 bits per heavy atom. The first kappa shape index (κ1) is 14.4. The molecule has 0 aliphatic heterocycles. The van der Waals surface area contributed by atoms with Gasteiger partial charge in [0.2, 0.25) is 0 Å². The third kappa shape index (κ3) is 2.89. The Morgan fingerprint density at radius 1 is 1.05 bits per heavy atom. The van der Waals surface area contributed by atoms with Crippen molar-refractivity contribution in [3.05, 3.63) is 34.9 Å². The summed E-state index contributed by atoms with van der Waals surface area (Å²) in [5.74, 6) is 0. The molecule has 0 radical (unpaired) electrons. The van der Waals surface area contributed by atoms with Crippen LogP contribution in [0.3, 0.4) is 0 Å². The summed E-state index contributed by atoms with van der Waals surface area (Å²) < 4.78 is 0. The van der Waals surface area contributed by atoms with Crippen LogP contribution in [0.25, 0.3) is 0 Å². The van der Waals surface area contributed by atoms with Gasteiger partial charge in [0.1, 0.15) is 0 Å². The maximum absolute atomic E-state index is 6.04. The fourth-order valence-electron chi connectivity index (χ4n) is 4.07. The van der Waals surface area contributed by atoms with E-state index in [0.29, 0.717) is 5.41 Å². The molecule has 1 aromatic carbocycles. The van der Waals surface area contributed by atoms with Crippen molar-refractivity contribution in [3.8, 4) is 0 Å². The highest BCUT2D eigenvalue weighted by molar-refractivity contribution is 6.30. The Hall–Kier alpha value is -0.530. The molecule has 2 heteroatoms. The van der Waals surface area contributed by atoms with Gasteiger partial charge in [-0.15, -0.1) is 0 Å². The van der Waals surface area contributed by atoms with Crippen molar-refractivity contribution >= 4 is 11.6 Å². The number of benzene rings is 1. The lowest BCUT2D eigenvalue weighted by Gasteiger charge is -2.47. The molecule has 0 atom stereocenters. The number of nitrogens with zero attached hydrogens (tertiary/aromatic N) is 1. The topological polar surface area (TPSA) is 3.24 Å². The van der Waals surface area contributed by atoms with Crippen LogP contribution in [0.2, 0.25) is 5.02 Å². The predicted molar refractivity (Wildman–Crippen MR) is 86.5 cm³/mol. The minimum Gasteiger partial charge on any atom is -0.303 e. The molecule has 3 rings (SSSR count). The Labute approximate surface area is 128 Å². The van der Waals surface area contributed by atoms with E-state index in [1.165, 1.54) is 63.5 Å². The molecule has 0 spiro atoms. The quantitative estimate of drug-likeness (QED) is 0.752. The van der Waals surface area contributed by atoms with Crippen LogP contribution < -0.4 is 0 Å². The van der Waals surface area contributed by atoms with Gasteiger partial charge in [-0.2, -0.15) is 0 Å². The number of hydrogen-bond donors (Lipinski definition) is 0. The SMILES string of the molecule is CN(CC1(c2ccc(Cl)cc2)CCC1)C1CCCCC1. The van der Waals surface area contributed by atoms with Gasteiger partial charge in [-0.3, -0.25) is 0 Å². The fraction of sp³-hybridized carbons (Fsp3) is 0.667. The highest BCUT2D eigenvalue weighted by atomic mass is 35.5. The Kier molecular flexibility index (Phi) is 4.37. The van der Waals surface area contributed by atoms with E-state index in [1.54, 1.807) is 0 Å². The Balaban J connectivity index is 1.70. The van der Waals surface area contributed by atoms with Gasteiger partial charge in [0.15, 0.2) is 0 Å². The number of halogens is 1. The molecule has 20 heavy (non-hydrogen) atoms. The molecule has 0 amide bonds. The van der Waals surface area contributed by atoms with Gasteiger partial charge in [0.05, 0.1) is 0 Å². The number of hydrogen-bond acceptors (Lipinski definition) is 1. The molecule has 2 aliphatic rings. The van der Waals surface area contributed by atoms with Gasteiger partial charge >= 0.3 is 0 Å². The van der Waals surface area contributed by atoms with E-state index in [2.05, 4.69) is 36.2 Å². The normalized spacial score (nSPS) is 22.8. The van der Waals surface area contributed by atoms with Crippen molar-refractivity contribution in [2.24, 2.45) is 0 Å². The fourth-order valence-corrected chi connectivity index (χ4v) is 4.20. The second-order valence-electron chi connectivity index (χ2n) is 6.85. The van der Waals surface area contributed by atoms with Crippen LogP contribution in [0.15, 0.2) is 24.3 Å². The standard InChI is InChI=1S/C18H26ClN/c1-20(17-6-3-2-4-7-17)14-18(12-5-13-18)15-8-10-16(19)11-9-15/h8-11,17H,2-7,12-14H2,1H3. The van der Waals surface area contributed by atoms with Crippen molar-refractivity contribution in [3.63, 3.8) is 0 Å². The maximum Gasteiger partial charge on any atom is 0.0406 e. The zero-order valence-electron chi connectivity index (χ0n) is 12.6. The Bertz CT molecular complexity index is 429. The third-order valence-corrected chi connectivity index (χ3v) is 5.77. The zero-order valence-corrected chi connectivity index (χ0v) is 13.3. The number of rotatable bonds is 4. The van der Waals surface area contributed by atoms with Crippen LogP contribution in [0.1, 0.15) is 56.9 Å². The molecule has 1 aromatic rings. The molecule has 0 aromatic heterocycles. The molecule has 2 aliphatic carbocycles. The van der Waals surface area contributed by atoms with E-state index < -0.39 is 0 Å². The van der Waals surface area contributed by atoms with Gasteiger partial charge in [-0.25, -0.2) is 0 Å². The largest absolute Gasteiger partial charge is 0.303 e. The van der Waals surface area contributed by atoms with Gasteiger partial charge in [0, 0.05) is 23.0 Å². The second-order valence-corrected chi connectivity index (χ2v) is 7.28. The van der Waals surface area contributed by atoms with E-state index in [1.807, 2.05) is 0 Å². The summed E-state index contributed by atoms with van der Waals surface area (Å²) in [6, 6.07) is 9.41. The molecule has 2 fully saturated rings. The predicted octanol–water partition coefficient (Wildman–Crippen LogP) is 5.03. The third-order valence-electron chi connectivity index (χ3n) is 5.52. The highest BCUT2D eigenvalue weighted by Crippen LogP contribution is 2.45. The summed E-state index contributed by atoms with van der Waals surface area (Å²) in [5, 5.41) is 0.851. The van der Waals surface area contributed by atoms with Crippen molar-refractivity contribution in [1.29, 1.82) is 0 Å². The van der Waals surface area contributed by atoms with Crippen LogP contribution >= 0.6 is 11.6 Å². The van der Waals surface area contributed by atoms with E-state index in [0.717, 1.165) is 11.1 Å². The Morgan fingerprint density at radius 3 is 2.25 bits per heavy atom. The first-order chi connectivity index (χ1) is 9.70. The van der Waals surface area contributed by atoms with Crippen molar-refractivity contribution in [2.45, 2.75) is 62.8 Å². The van der Waals surface area contributed by atoms with Crippen LogP contribution in [0, 0.1) is 0 Å². The first-order valence-electron chi connectivity index (χ1n) is 8.16. The summed E-state index contributed by atoms with van der Waals surface area (Å²) in [4.78, 5) is 2.65. The molecule has 0 bridgehead atoms. The lowest BCUT2D eigenvalue weighted by molar-refractivity contribution is 0.108.